The van der Waals surface area contributed by atoms with Crippen molar-refractivity contribution in [2.75, 3.05) is 0 Å². The van der Waals surface area contributed by atoms with Crippen molar-refractivity contribution in [2.24, 2.45) is 0 Å². The predicted octanol–water partition coefficient (Wildman–Crippen LogP) is 14.6. The van der Waals surface area contributed by atoms with Crippen LogP contribution in [-0.4, -0.2) is 37.9 Å². The minimum absolute atomic E-state index is 0.642. The van der Waals surface area contributed by atoms with Crippen molar-refractivity contribution < 1.29 is 8.83 Å². The molecular formula is C60H36N8O2. The molecule has 0 fully saturated rings. The molecule has 0 spiro atoms. The maximum absolute atomic E-state index is 6.51. The first-order valence-electron chi connectivity index (χ1n) is 23.6. The number of hydrogen-bond donors (Lipinski definition) is 0. The zero-order valence-corrected chi connectivity index (χ0v) is 37.3. The van der Waals surface area contributed by atoms with Crippen molar-refractivity contribution in [2.45, 2.75) is 12.8 Å². The first-order valence-corrected chi connectivity index (χ1v) is 23.6. The lowest BCUT2D eigenvalue weighted by atomic mass is 10.0. The second-order valence-electron chi connectivity index (χ2n) is 18.2. The average Bonchev–Trinajstić information content (AvgIpc) is 4.27. The van der Waals surface area contributed by atoms with Crippen LogP contribution in [0.4, 0.5) is 0 Å². The number of para-hydroxylation sites is 6. The highest BCUT2D eigenvalue weighted by atomic mass is 16.3. The molecule has 10 nitrogen and oxygen atoms in total. The number of benzene rings is 8. The van der Waals surface area contributed by atoms with Gasteiger partial charge in [0, 0.05) is 38.2 Å². The lowest BCUT2D eigenvalue weighted by Crippen LogP contribution is -1.96. The van der Waals surface area contributed by atoms with Gasteiger partial charge in [-0.3, -0.25) is 17.9 Å². The van der Waals surface area contributed by atoms with E-state index in [1.807, 2.05) is 24.3 Å². The van der Waals surface area contributed by atoms with Crippen molar-refractivity contribution in [1.29, 1.82) is 0 Å². The SMILES string of the molecule is C1=Cc2c(nc3n(-c4ccc5oc6ccc(-c7cc(-c8ccc9oc%10ccc(-n%11c%12ccccc%12n%12c%13ccccc%13nc%11%12)cc%10c9c8)nc(-c8ccccc8)n7)cc6c5c4)c4ccccc4n23)CC1. The summed E-state index contributed by atoms with van der Waals surface area (Å²) in [4.78, 5) is 20.8. The monoisotopic (exact) mass is 900 g/mol. The van der Waals surface area contributed by atoms with Gasteiger partial charge in [-0.05, 0) is 134 Å². The summed E-state index contributed by atoms with van der Waals surface area (Å²) in [5, 5.41) is 4.03. The molecule has 0 radical (unpaired) electrons. The molecule has 7 heterocycles. The molecule has 70 heavy (non-hydrogen) atoms. The minimum Gasteiger partial charge on any atom is -0.456 e. The Morgan fingerprint density at radius 2 is 0.914 bits per heavy atom. The van der Waals surface area contributed by atoms with Gasteiger partial charge in [0.1, 0.15) is 22.3 Å². The highest BCUT2D eigenvalue weighted by Gasteiger charge is 2.23. The predicted molar refractivity (Wildman–Crippen MR) is 279 cm³/mol. The lowest BCUT2D eigenvalue weighted by Gasteiger charge is -2.10. The molecule has 0 saturated carbocycles. The van der Waals surface area contributed by atoms with Gasteiger partial charge in [0.05, 0.1) is 67.3 Å². The summed E-state index contributed by atoms with van der Waals surface area (Å²) in [6.07, 6.45) is 6.39. The first-order chi connectivity index (χ1) is 34.7. The number of allylic oxidation sites excluding steroid dienone is 1. The van der Waals surface area contributed by atoms with Gasteiger partial charge >= 0.3 is 0 Å². The summed E-state index contributed by atoms with van der Waals surface area (Å²) < 4.78 is 22.1. The Labute approximate surface area is 397 Å². The highest BCUT2D eigenvalue weighted by molar-refractivity contribution is 6.09. The van der Waals surface area contributed by atoms with E-state index in [1.54, 1.807) is 0 Å². The Kier molecular flexibility index (Phi) is 7.51. The van der Waals surface area contributed by atoms with Gasteiger partial charge in [-0.15, -0.1) is 0 Å². The fraction of sp³-hybridized carbons (Fsp3) is 0.0333. The molecule has 16 rings (SSSR count). The third kappa shape index (κ3) is 5.32. The summed E-state index contributed by atoms with van der Waals surface area (Å²) in [5.41, 5.74) is 18.5. The molecule has 7 aromatic heterocycles. The summed E-state index contributed by atoms with van der Waals surface area (Å²) in [5.74, 6) is 2.41. The van der Waals surface area contributed by atoms with Crippen LogP contribution in [-0.2, 0) is 6.42 Å². The molecule has 0 unspecified atom stereocenters. The topological polar surface area (TPSA) is 96.5 Å². The molecule has 1 aliphatic rings. The quantitative estimate of drug-likeness (QED) is 0.171. The molecule has 0 aliphatic heterocycles. The second-order valence-corrected chi connectivity index (χ2v) is 18.2. The Morgan fingerprint density at radius 1 is 0.400 bits per heavy atom. The number of imidazole rings is 4. The van der Waals surface area contributed by atoms with Crippen LogP contribution in [0.25, 0.3) is 140 Å². The molecule has 0 amide bonds. The van der Waals surface area contributed by atoms with Crippen molar-refractivity contribution >= 4 is 94.6 Å². The Hall–Kier alpha value is -9.54. The van der Waals surface area contributed by atoms with Gasteiger partial charge in [-0.2, -0.15) is 0 Å². The van der Waals surface area contributed by atoms with Gasteiger partial charge in [0.2, 0.25) is 11.6 Å². The fourth-order valence-corrected chi connectivity index (χ4v) is 11.0. The smallest absolute Gasteiger partial charge is 0.220 e. The number of rotatable bonds is 5. The van der Waals surface area contributed by atoms with E-state index in [9.17, 15) is 0 Å². The van der Waals surface area contributed by atoms with Crippen LogP contribution in [0.5, 0.6) is 0 Å². The third-order valence-corrected chi connectivity index (χ3v) is 14.2. The number of furan rings is 2. The van der Waals surface area contributed by atoms with E-state index in [0.717, 1.165) is 152 Å². The largest absolute Gasteiger partial charge is 0.456 e. The fourth-order valence-electron chi connectivity index (χ4n) is 11.0. The molecular weight excluding hydrogens is 865 g/mol. The summed E-state index contributed by atoms with van der Waals surface area (Å²) in [6.45, 7) is 0. The molecule has 0 N–H and O–H groups in total. The number of aryl methyl sites for hydroxylation is 1. The highest BCUT2D eigenvalue weighted by Crippen LogP contribution is 2.39. The van der Waals surface area contributed by atoms with Gasteiger partial charge in [-0.25, -0.2) is 19.9 Å². The molecule has 328 valence electrons. The molecule has 15 aromatic rings. The molecule has 10 heteroatoms. The number of aromatic nitrogens is 8. The van der Waals surface area contributed by atoms with Crippen LogP contribution in [0, 0.1) is 0 Å². The van der Waals surface area contributed by atoms with Gasteiger partial charge in [-0.1, -0.05) is 72.8 Å². The van der Waals surface area contributed by atoms with E-state index in [1.165, 1.54) is 0 Å². The third-order valence-electron chi connectivity index (χ3n) is 14.2. The van der Waals surface area contributed by atoms with Crippen LogP contribution in [0.3, 0.4) is 0 Å². The summed E-state index contributed by atoms with van der Waals surface area (Å²) in [7, 11) is 0. The van der Waals surface area contributed by atoms with E-state index >= 15 is 0 Å². The van der Waals surface area contributed by atoms with Crippen LogP contribution in [0.1, 0.15) is 17.8 Å². The van der Waals surface area contributed by atoms with Crippen molar-refractivity contribution in [1.82, 2.24) is 37.9 Å². The molecule has 1 aliphatic carbocycles. The van der Waals surface area contributed by atoms with E-state index in [4.69, 9.17) is 28.8 Å². The average molecular weight is 901 g/mol. The number of fused-ring (bicyclic) bond motifs is 16. The van der Waals surface area contributed by atoms with Crippen LogP contribution < -0.4 is 0 Å². The number of hydrogen-bond acceptors (Lipinski definition) is 6. The number of nitrogens with zero attached hydrogens (tertiary/aromatic N) is 8. The zero-order chi connectivity index (χ0) is 45.6. The van der Waals surface area contributed by atoms with Crippen LogP contribution >= 0.6 is 0 Å². The van der Waals surface area contributed by atoms with E-state index < -0.39 is 0 Å². The Bertz CT molecular complexity index is 4730. The maximum Gasteiger partial charge on any atom is 0.220 e. The lowest BCUT2D eigenvalue weighted by molar-refractivity contribution is 0.668. The maximum atomic E-state index is 6.51. The molecule has 0 atom stereocenters. The van der Waals surface area contributed by atoms with Crippen LogP contribution in [0.2, 0.25) is 0 Å². The summed E-state index contributed by atoms with van der Waals surface area (Å²) in [6, 6.07) is 63.1. The Balaban J connectivity index is 0.846. The van der Waals surface area contributed by atoms with Gasteiger partial charge < -0.3 is 8.83 Å². The van der Waals surface area contributed by atoms with Crippen molar-refractivity contribution in [3.63, 3.8) is 0 Å². The standard InChI is InChI=1S/C60H36N8O2/c1-2-12-35(13-3-1)58-61-46(36-22-26-54-40(30-36)42-32-38(24-28-56(42)69-54)65-50-18-8-10-20-52(50)67-48-16-6-4-14-44(48)63-59(65)67)34-47(62-58)37-23-27-55-41(31-37)43-33-39(25-29-57(43)70-55)66-51-19-9-11-21-53(51)68-49-17-7-5-15-45(49)64-60(66)68/h1-4,6-14,16-34H,5,15H2. The minimum atomic E-state index is 0.642. The second kappa shape index (κ2) is 14.0. The van der Waals surface area contributed by atoms with Crippen molar-refractivity contribution in [3.05, 3.63) is 199 Å². The Morgan fingerprint density at radius 3 is 1.54 bits per heavy atom. The van der Waals surface area contributed by atoms with Gasteiger partial charge in [0.15, 0.2) is 5.82 Å². The van der Waals surface area contributed by atoms with E-state index in [2.05, 4.69) is 188 Å². The molecule has 8 aromatic carbocycles. The molecule has 0 bridgehead atoms. The van der Waals surface area contributed by atoms with Crippen LogP contribution in [0.15, 0.2) is 197 Å². The molecule has 0 saturated heterocycles. The van der Waals surface area contributed by atoms with E-state index in [-0.39, 0.29) is 0 Å². The zero-order valence-electron chi connectivity index (χ0n) is 37.3. The van der Waals surface area contributed by atoms with Crippen molar-refractivity contribution in [3.8, 4) is 45.3 Å². The normalized spacial score (nSPS) is 13.0. The first kappa shape index (κ1) is 37.5. The van der Waals surface area contributed by atoms with E-state index in [0.29, 0.717) is 5.82 Å². The summed E-state index contributed by atoms with van der Waals surface area (Å²) >= 11 is 0. The van der Waals surface area contributed by atoms with Gasteiger partial charge in [0.25, 0.3) is 0 Å².